The maximum Gasteiger partial charge on any atom is 0.329 e. The summed E-state index contributed by atoms with van der Waals surface area (Å²) in [5.41, 5.74) is 0.656. The predicted octanol–water partition coefficient (Wildman–Crippen LogP) is 1.73. The lowest BCUT2D eigenvalue weighted by Crippen LogP contribution is -2.31. The van der Waals surface area contributed by atoms with Crippen molar-refractivity contribution in [2.75, 3.05) is 20.5 Å². The first-order chi connectivity index (χ1) is 8.46. The summed E-state index contributed by atoms with van der Waals surface area (Å²) >= 11 is 0. The van der Waals surface area contributed by atoms with Crippen molar-refractivity contribution in [2.45, 2.75) is 0 Å². The number of hydrogen-bond donors (Lipinski definition) is 0. The van der Waals surface area contributed by atoms with Gasteiger partial charge in [-0.1, -0.05) is 12.1 Å². The Kier molecular flexibility index (Phi) is 3.34. The Hall–Kier alpha value is -1.49. The second kappa shape index (κ2) is 4.65. The summed E-state index contributed by atoms with van der Waals surface area (Å²) in [5.74, 6) is -0.904. The van der Waals surface area contributed by atoms with Crippen LogP contribution in [-0.2, 0) is 13.6 Å². The number of benzene rings is 1. The molecule has 0 saturated heterocycles. The Morgan fingerprint density at radius 2 is 1.67 bits per heavy atom. The quantitative estimate of drug-likeness (QED) is 0.614. The van der Waals surface area contributed by atoms with E-state index in [0.717, 1.165) is 4.90 Å². The van der Waals surface area contributed by atoms with E-state index >= 15 is 0 Å². The van der Waals surface area contributed by atoms with Crippen molar-refractivity contribution in [3.05, 3.63) is 35.4 Å². The number of hydrogen-bond acceptors (Lipinski definition) is 5. The van der Waals surface area contributed by atoms with Crippen LogP contribution in [0.25, 0.3) is 0 Å². The third-order valence-corrected chi connectivity index (χ3v) is 3.88. The van der Waals surface area contributed by atoms with Crippen molar-refractivity contribution >= 4 is 19.4 Å². The largest absolute Gasteiger partial charge is 0.329 e. The molecule has 7 heteroatoms. The van der Waals surface area contributed by atoms with Gasteiger partial charge in [0, 0.05) is 13.8 Å². The van der Waals surface area contributed by atoms with Crippen LogP contribution in [0.15, 0.2) is 24.3 Å². The Morgan fingerprint density at radius 3 is 2.11 bits per heavy atom. The molecule has 1 aliphatic heterocycles. The smallest absolute Gasteiger partial charge is 0.312 e. The molecule has 1 aliphatic rings. The normalized spacial score (nSPS) is 17.8. The zero-order valence-electron chi connectivity index (χ0n) is 9.95. The minimum Gasteiger partial charge on any atom is -0.312 e. The fourth-order valence-electron chi connectivity index (χ4n) is 1.57. The van der Waals surface area contributed by atoms with Crippen LogP contribution < -0.4 is 0 Å². The number of imide groups is 1. The van der Waals surface area contributed by atoms with E-state index in [9.17, 15) is 14.2 Å². The molecule has 0 radical (unpaired) electrons. The predicted molar refractivity (Wildman–Crippen MR) is 63.4 cm³/mol. The summed E-state index contributed by atoms with van der Waals surface area (Å²) in [6.07, 6.45) is 0. The van der Waals surface area contributed by atoms with Crippen molar-refractivity contribution < 1.29 is 23.2 Å². The lowest BCUT2D eigenvalue weighted by atomic mass is 10.1. The fourth-order valence-corrected chi connectivity index (χ4v) is 2.00. The van der Waals surface area contributed by atoms with Crippen LogP contribution in [0, 0.1) is 0 Å². The third kappa shape index (κ3) is 2.22. The van der Waals surface area contributed by atoms with Crippen LogP contribution in [-0.4, -0.2) is 37.2 Å². The van der Waals surface area contributed by atoms with E-state index < -0.39 is 19.4 Å². The number of fused-ring (bicyclic) bond motifs is 1. The number of carbonyl (C=O) groups is 2. The van der Waals surface area contributed by atoms with Crippen molar-refractivity contribution in [3.8, 4) is 0 Å². The van der Waals surface area contributed by atoms with E-state index in [4.69, 9.17) is 4.52 Å². The standard InChI is InChI=1S/C11H12NO5P/c1-16-18(2,15)17-7-12-10(13)8-5-3-4-6-9(8)11(12)14/h3-6H,7H2,1-2H3. The average molecular weight is 269 g/mol. The van der Waals surface area contributed by atoms with E-state index in [1.54, 1.807) is 24.3 Å². The minimum atomic E-state index is -3.22. The number of amides is 2. The summed E-state index contributed by atoms with van der Waals surface area (Å²) in [4.78, 5) is 24.7. The van der Waals surface area contributed by atoms with Gasteiger partial charge in [-0.05, 0) is 12.1 Å². The Morgan fingerprint density at radius 1 is 1.17 bits per heavy atom. The highest BCUT2D eigenvalue weighted by Crippen LogP contribution is 2.43. The number of carbonyl (C=O) groups excluding carboxylic acids is 2. The van der Waals surface area contributed by atoms with Gasteiger partial charge in [0.25, 0.3) is 11.8 Å². The summed E-state index contributed by atoms with van der Waals surface area (Å²) in [6.45, 7) is 0.888. The highest BCUT2D eigenvalue weighted by molar-refractivity contribution is 7.52. The van der Waals surface area contributed by atoms with E-state index in [1.807, 2.05) is 0 Å². The van der Waals surface area contributed by atoms with Gasteiger partial charge < -0.3 is 4.52 Å². The maximum absolute atomic E-state index is 11.9. The maximum atomic E-state index is 11.9. The van der Waals surface area contributed by atoms with E-state index in [-0.39, 0.29) is 6.73 Å². The van der Waals surface area contributed by atoms with Crippen LogP contribution in [0.3, 0.4) is 0 Å². The van der Waals surface area contributed by atoms with Gasteiger partial charge in [-0.25, -0.2) is 4.90 Å². The lowest BCUT2D eigenvalue weighted by Gasteiger charge is -2.17. The molecule has 1 aromatic rings. The average Bonchev–Trinajstić information content (AvgIpc) is 2.61. The summed E-state index contributed by atoms with van der Waals surface area (Å²) in [6, 6.07) is 6.48. The zero-order chi connectivity index (χ0) is 13.3. The van der Waals surface area contributed by atoms with Crippen molar-refractivity contribution in [2.24, 2.45) is 0 Å². The van der Waals surface area contributed by atoms with Crippen molar-refractivity contribution in [1.29, 1.82) is 0 Å². The highest BCUT2D eigenvalue weighted by atomic mass is 31.2. The molecule has 18 heavy (non-hydrogen) atoms. The van der Waals surface area contributed by atoms with Gasteiger partial charge in [0.1, 0.15) is 6.73 Å². The van der Waals surface area contributed by atoms with Gasteiger partial charge in [-0.15, -0.1) is 0 Å². The molecule has 0 bridgehead atoms. The molecule has 96 valence electrons. The third-order valence-electron chi connectivity index (χ3n) is 2.63. The number of nitrogens with zero attached hydrogens (tertiary/aromatic N) is 1. The van der Waals surface area contributed by atoms with Gasteiger partial charge in [-0.3, -0.25) is 18.7 Å². The molecule has 0 aromatic heterocycles. The molecule has 6 nitrogen and oxygen atoms in total. The van der Waals surface area contributed by atoms with Gasteiger partial charge in [0.05, 0.1) is 11.1 Å². The molecule has 0 spiro atoms. The fraction of sp³-hybridized carbons (Fsp3) is 0.273. The lowest BCUT2D eigenvalue weighted by molar-refractivity contribution is 0.0506. The molecule has 0 fully saturated rings. The Bertz CT molecular complexity index is 521. The SMILES string of the molecule is COP(C)(=O)OCN1C(=O)c2ccccc2C1=O. The second-order valence-electron chi connectivity index (χ2n) is 3.80. The molecule has 1 unspecified atom stereocenters. The zero-order valence-corrected chi connectivity index (χ0v) is 10.8. The topological polar surface area (TPSA) is 72.9 Å². The van der Waals surface area contributed by atoms with E-state index in [0.29, 0.717) is 11.1 Å². The Labute approximate surface area is 104 Å². The van der Waals surface area contributed by atoms with E-state index in [2.05, 4.69) is 4.52 Å². The molecule has 1 aromatic carbocycles. The molecular formula is C11H12NO5P. The minimum absolute atomic E-state index is 0.328. The Balaban J connectivity index is 2.17. The molecule has 2 rings (SSSR count). The van der Waals surface area contributed by atoms with Crippen molar-refractivity contribution in [3.63, 3.8) is 0 Å². The summed E-state index contributed by atoms with van der Waals surface area (Å²) in [5, 5.41) is 0. The number of rotatable bonds is 4. The summed E-state index contributed by atoms with van der Waals surface area (Å²) < 4.78 is 21.1. The molecule has 1 atom stereocenters. The van der Waals surface area contributed by atoms with E-state index in [1.165, 1.54) is 13.8 Å². The monoisotopic (exact) mass is 269 g/mol. The molecule has 2 amide bonds. The first-order valence-corrected chi connectivity index (χ1v) is 7.18. The van der Waals surface area contributed by atoms with Gasteiger partial charge in [0.2, 0.25) is 0 Å². The summed E-state index contributed by atoms with van der Waals surface area (Å²) in [7, 11) is -1.98. The van der Waals surface area contributed by atoms with Crippen molar-refractivity contribution in [1.82, 2.24) is 4.90 Å². The molecule has 1 heterocycles. The van der Waals surface area contributed by atoms with Crippen LogP contribution in [0.2, 0.25) is 0 Å². The van der Waals surface area contributed by atoms with Gasteiger partial charge in [0.15, 0.2) is 0 Å². The van der Waals surface area contributed by atoms with Crippen LogP contribution in [0.5, 0.6) is 0 Å². The van der Waals surface area contributed by atoms with Crippen LogP contribution >= 0.6 is 7.60 Å². The van der Waals surface area contributed by atoms with Gasteiger partial charge >= 0.3 is 7.60 Å². The first kappa shape index (κ1) is 13.0. The molecular weight excluding hydrogens is 257 g/mol. The first-order valence-electron chi connectivity index (χ1n) is 5.19. The molecule has 0 aliphatic carbocycles. The molecule has 0 saturated carbocycles. The highest BCUT2D eigenvalue weighted by Gasteiger charge is 2.36. The molecule has 0 N–H and O–H groups in total. The van der Waals surface area contributed by atoms with Crippen LogP contribution in [0.4, 0.5) is 0 Å². The second-order valence-corrected chi connectivity index (χ2v) is 5.96. The van der Waals surface area contributed by atoms with Gasteiger partial charge in [-0.2, -0.15) is 0 Å². The van der Waals surface area contributed by atoms with Crippen LogP contribution in [0.1, 0.15) is 20.7 Å².